The van der Waals surface area contributed by atoms with Gasteiger partial charge in [0, 0.05) is 60.8 Å². The standard InChI is InChI=1S/C64H43N3O/c1-63(2)50-23-9-6-19-44(50)45-36-35-43(37-54(45)63)65(40-17-4-3-5-18-40)41-31-33-42(34-32-41)66-56-27-12-8-21-47(56)49-38-61-55(39-59(49)66)64(52-25-11-15-30-60(52)68-61)51-24-10-14-29-58(51)67-57-28-13-7-20-46(57)48-22-16-26-53(64)62(48)67/h3-39H,1-2H3. The van der Waals surface area contributed by atoms with Gasteiger partial charge in [-0.25, -0.2) is 0 Å². The number of aromatic nitrogens is 2. The molecule has 1 spiro atoms. The van der Waals surface area contributed by atoms with E-state index in [0.717, 1.165) is 61.8 Å². The number of hydrogen-bond acceptors (Lipinski definition) is 2. The summed E-state index contributed by atoms with van der Waals surface area (Å²) in [6, 6.07) is 82.8. The Balaban J connectivity index is 0.955. The second-order valence-electron chi connectivity index (χ2n) is 19.2. The molecule has 0 saturated heterocycles. The van der Waals surface area contributed by atoms with Crippen molar-refractivity contribution in [3.8, 4) is 34.0 Å². The molecular formula is C64H43N3O. The molecule has 4 nitrogen and oxygen atoms in total. The molecule has 4 heterocycles. The van der Waals surface area contributed by atoms with Gasteiger partial charge < -0.3 is 18.8 Å². The summed E-state index contributed by atoms with van der Waals surface area (Å²) >= 11 is 0. The summed E-state index contributed by atoms with van der Waals surface area (Å²) in [6.45, 7) is 4.71. The number of ether oxygens (including phenoxy) is 1. The van der Waals surface area contributed by atoms with Gasteiger partial charge in [0.25, 0.3) is 0 Å². The zero-order chi connectivity index (χ0) is 44.9. The molecule has 0 bridgehead atoms. The summed E-state index contributed by atoms with van der Waals surface area (Å²) in [5, 5.41) is 4.85. The van der Waals surface area contributed by atoms with Crippen LogP contribution in [0, 0.1) is 0 Å². The third-order valence-corrected chi connectivity index (χ3v) is 15.5. The minimum Gasteiger partial charge on any atom is -0.457 e. The van der Waals surface area contributed by atoms with Gasteiger partial charge in [0.15, 0.2) is 0 Å². The van der Waals surface area contributed by atoms with Crippen LogP contribution in [-0.4, -0.2) is 9.13 Å². The van der Waals surface area contributed by atoms with Crippen LogP contribution in [0.4, 0.5) is 17.1 Å². The highest BCUT2D eigenvalue weighted by molar-refractivity contribution is 6.13. The highest BCUT2D eigenvalue weighted by atomic mass is 16.5. The summed E-state index contributed by atoms with van der Waals surface area (Å²) in [5.74, 6) is 1.76. The minimum atomic E-state index is -0.675. The van der Waals surface area contributed by atoms with Crippen LogP contribution in [-0.2, 0) is 10.8 Å². The number of para-hydroxylation sites is 6. The highest BCUT2D eigenvalue weighted by Gasteiger charge is 2.50. The lowest BCUT2D eigenvalue weighted by Crippen LogP contribution is -2.37. The molecule has 15 rings (SSSR count). The van der Waals surface area contributed by atoms with Crippen LogP contribution in [0.15, 0.2) is 224 Å². The molecule has 2 aliphatic heterocycles. The van der Waals surface area contributed by atoms with E-state index < -0.39 is 5.41 Å². The quantitative estimate of drug-likeness (QED) is 0.176. The molecule has 0 fully saturated rings. The third-order valence-electron chi connectivity index (χ3n) is 15.5. The zero-order valence-corrected chi connectivity index (χ0v) is 37.6. The Morgan fingerprint density at radius 1 is 0.368 bits per heavy atom. The Kier molecular flexibility index (Phi) is 7.46. The molecule has 0 N–H and O–H groups in total. The van der Waals surface area contributed by atoms with Crippen molar-refractivity contribution in [2.24, 2.45) is 0 Å². The Morgan fingerprint density at radius 3 is 1.79 bits per heavy atom. The first-order valence-electron chi connectivity index (χ1n) is 23.7. The molecule has 1 unspecified atom stereocenters. The molecule has 68 heavy (non-hydrogen) atoms. The predicted molar refractivity (Wildman–Crippen MR) is 279 cm³/mol. The van der Waals surface area contributed by atoms with Gasteiger partial charge >= 0.3 is 0 Å². The molecule has 2 aromatic heterocycles. The van der Waals surface area contributed by atoms with Gasteiger partial charge in [0.2, 0.25) is 0 Å². The maximum absolute atomic E-state index is 7.10. The molecule has 3 aliphatic rings. The van der Waals surface area contributed by atoms with Crippen molar-refractivity contribution in [2.45, 2.75) is 24.7 Å². The van der Waals surface area contributed by atoms with Gasteiger partial charge in [-0.15, -0.1) is 0 Å². The average Bonchev–Trinajstić information content (AvgIpc) is 3.98. The third kappa shape index (κ3) is 4.78. The van der Waals surface area contributed by atoms with Crippen LogP contribution < -0.4 is 9.64 Å². The van der Waals surface area contributed by atoms with Crippen molar-refractivity contribution in [1.82, 2.24) is 9.13 Å². The van der Waals surface area contributed by atoms with Crippen LogP contribution in [0.3, 0.4) is 0 Å². The van der Waals surface area contributed by atoms with Crippen molar-refractivity contribution in [2.75, 3.05) is 4.90 Å². The smallest absolute Gasteiger partial charge is 0.133 e. The van der Waals surface area contributed by atoms with Gasteiger partial charge in [0.05, 0.1) is 33.2 Å². The molecule has 320 valence electrons. The first-order chi connectivity index (χ1) is 33.5. The monoisotopic (exact) mass is 869 g/mol. The number of anilines is 3. The van der Waals surface area contributed by atoms with Gasteiger partial charge in [-0.2, -0.15) is 0 Å². The molecule has 1 aliphatic carbocycles. The van der Waals surface area contributed by atoms with Crippen LogP contribution in [0.2, 0.25) is 0 Å². The highest BCUT2D eigenvalue weighted by Crippen LogP contribution is 2.61. The van der Waals surface area contributed by atoms with Crippen molar-refractivity contribution in [3.63, 3.8) is 0 Å². The van der Waals surface area contributed by atoms with E-state index in [1.54, 1.807) is 0 Å². The fourth-order valence-corrected chi connectivity index (χ4v) is 12.7. The second kappa shape index (κ2) is 13.5. The van der Waals surface area contributed by atoms with Crippen molar-refractivity contribution < 1.29 is 4.74 Å². The number of rotatable bonds is 4. The van der Waals surface area contributed by atoms with E-state index >= 15 is 0 Å². The lowest BCUT2D eigenvalue weighted by Gasteiger charge is -2.45. The van der Waals surface area contributed by atoms with Crippen molar-refractivity contribution in [1.29, 1.82) is 0 Å². The largest absolute Gasteiger partial charge is 0.457 e. The van der Waals surface area contributed by atoms with Crippen molar-refractivity contribution >= 4 is 60.7 Å². The molecule has 0 amide bonds. The first-order valence-corrected chi connectivity index (χ1v) is 23.7. The fraction of sp³-hybridized carbons (Fsp3) is 0.0625. The number of benzene rings is 10. The minimum absolute atomic E-state index is 0.111. The van der Waals surface area contributed by atoms with Gasteiger partial charge in [-0.1, -0.05) is 153 Å². The maximum atomic E-state index is 7.10. The Labute approximate surface area is 394 Å². The topological polar surface area (TPSA) is 22.3 Å². The van der Waals surface area contributed by atoms with E-state index in [1.165, 1.54) is 66.3 Å². The number of fused-ring (bicyclic) bond motifs is 17. The van der Waals surface area contributed by atoms with E-state index in [9.17, 15) is 0 Å². The second-order valence-corrected chi connectivity index (χ2v) is 19.2. The van der Waals surface area contributed by atoms with Crippen LogP contribution >= 0.6 is 0 Å². The summed E-state index contributed by atoms with van der Waals surface area (Å²) in [5.41, 5.74) is 19.8. The summed E-state index contributed by atoms with van der Waals surface area (Å²) in [4.78, 5) is 2.39. The lowest BCUT2D eigenvalue weighted by molar-refractivity contribution is 0.435. The molecule has 4 heteroatoms. The van der Waals surface area contributed by atoms with Gasteiger partial charge in [-0.05, 0) is 118 Å². The molecule has 12 aromatic rings. The Bertz CT molecular complexity index is 4100. The van der Waals surface area contributed by atoms with E-state index in [1.807, 2.05) is 0 Å². The molecule has 1 atom stereocenters. The summed E-state index contributed by atoms with van der Waals surface area (Å²) in [7, 11) is 0. The van der Waals surface area contributed by atoms with E-state index in [-0.39, 0.29) is 5.41 Å². The summed E-state index contributed by atoms with van der Waals surface area (Å²) < 4.78 is 12.1. The lowest BCUT2D eigenvalue weighted by atomic mass is 9.61. The molecule has 0 saturated carbocycles. The Hall–Kier alpha value is -8.60. The van der Waals surface area contributed by atoms with Crippen molar-refractivity contribution in [3.05, 3.63) is 258 Å². The van der Waals surface area contributed by atoms with Crippen LogP contribution in [0.5, 0.6) is 11.5 Å². The predicted octanol–water partition coefficient (Wildman–Crippen LogP) is 16.5. The Morgan fingerprint density at radius 2 is 0.971 bits per heavy atom. The first kappa shape index (κ1) is 37.6. The summed E-state index contributed by atoms with van der Waals surface area (Å²) in [6.07, 6.45) is 0. The van der Waals surface area contributed by atoms with Gasteiger partial charge in [0.1, 0.15) is 11.5 Å². The zero-order valence-electron chi connectivity index (χ0n) is 37.6. The van der Waals surface area contributed by atoms with E-state index in [2.05, 4.69) is 252 Å². The number of hydrogen-bond donors (Lipinski definition) is 0. The fourth-order valence-electron chi connectivity index (χ4n) is 12.7. The molecule has 10 aromatic carbocycles. The van der Waals surface area contributed by atoms with E-state index in [0.29, 0.717) is 0 Å². The van der Waals surface area contributed by atoms with Gasteiger partial charge in [-0.3, -0.25) is 0 Å². The maximum Gasteiger partial charge on any atom is 0.133 e. The van der Waals surface area contributed by atoms with Crippen LogP contribution in [0.25, 0.3) is 66.1 Å². The normalized spacial score (nSPS) is 15.8. The number of nitrogens with zero attached hydrogens (tertiary/aromatic N) is 3. The molecular weight excluding hydrogens is 827 g/mol. The SMILES string of the molecule is CC1(C)c2ccccc2-c2ccc(N(c3ccccc3)c3ccc(-n4c5ccccc5c5cc6c(cc54)C4(c5ccccc5O6)c5ccccc5-n5c6ccccc6c6cccc4c65)cc3)cc21. The average molecular weight is 870 g/mol. The molecule has 0 radical (unpaired) electrons. The van der Waals surface area contributed by atoms with Crippen LogP contribution in [0.1, 0.15) is 47.2 Å². The van der Waals surface area contributed by atoms with E-state index in [4.69, 9.17) is 4.74 Å².